The van der Waals surface area contributed by atoms with E-state index in [1.807, 2.05) is 4.90 Å². The van der Waals surface area contributed by atoms with Crippen molar-refractivity contribution in [2.24, 2.45) is 0 Å². The maximum atomic E-state index is 12.7. The van der Waals surface area contributed by atoms with Gasteiger partial charge in [0.1, 0.15) is 11.8 Å². The van der Waals surface area contributed by atoms with Gasteiger partial charge in [-0.15, -0.1) is 0 Å². The van der Waals surface area contributed by atoms with Crippen molar-refractivity contribution in [3.63, 3.8) is 0 Å². The molecule has 2 saturated heterocycles. The van der Waals surface area contributed by atoms with Crippen molar-refractivity contribution in [1.82, 2.24) is 9.80 Å². The summed E-state index contributed by atoms with van der Waals surface area (Å²) >= 11 is 5.90. The van der Waals surface area contributed by atoms with E-state index in [0.717, 1.165) is 44.3 Å². The van der Waals surface area contributed by atoms with E-state index < -0.39 is 0 Å². The molecule has 0 saturated carbocycles. The van der Waals surface area contributed by atoms with E-state index >= 15 is 0 Å². The smallest absolute Gasteiger partial charge is 0.245 e. The monoisotopic (exact) mass is 350 g/mol. The number of phenols is 1. The highest BCUT2D eigenvalue weighted by molar-refractivity contribution is 6.32. The molecule has 1 atom stereocenters. The lowest BCUT2D eigenvalue weighted by Gasteiger charge is -2.32. The topological polar surface area (TPSA) is 60.9 Å². The van der Waals surface area contributed by atoms with E-state index in [0.29, 0.717) is 6.54 Å². The lowest BCUT2D eigenvalue weighted by molar-refractivity contribution is -0.144. The van der Waals surface area contributed by atoms with Crippen LogP contribution in [-0.2, 0) is 16.0 Å². The Labute approximate surface area is 147 Å². The molecule has 0 unspecified atom stereocenters. The molecule has 2 heterocycles. The highest BCUT2D eigenvalue weighted by Gasteiger charge is 2.36. The van der Waals surface area contributed by atoms with Crippen molar-refractivity contribution in [2.75, 3.05) is 19.6 Å². The zero-order valence-electron chi connectivity index (χ0n) is 13.7. The Morgan fingerprint density at radius 1 is 1.12 bits per heavy atom. The van der Waals surface area contributed by atoms with Crippen LogP contribution in [0, 0.1) is 0 Å². The maximum Gasteiger partial charge on any atom is 0.245 e. The minimum atomic E-state index is -0.316. The zero-order valence-corrected chi connectivity index (χ0v) is 14.5. The molecule has 2 aliphatic rings. The van der Waals surface area contributed by atoms with Gasteiger partial charge in [0, 0.05) is 19.6 Å². The van der Waals surface area contributed by atoms with Gasteiger partial charge in [-0.2, -0.15) is 0 Å². The Morgan fingerprint density at radius 3 is 2.58 bits per heavy atom. The van der Waals surface area contributed by atoms with Crippen molar-refractivity contribution in [2.45, 2.75) is 44.6 Å². The number of likely N-dealkylation sites (tertiary alicyclic amines) is 2. The summed E-state index contributed by atoms with van der Waals surface area (Å²) in [7, 11) is 0. The molecule has 0 spiro atoms. The predicted molar refractivity (Wildman–Crippen MR) is 92.0 cm³/mol. The van der Waals surface area contributed by atoms with Gasteiger partial charge in [0.2, 0.25) is 11.8 Å². The summed E-state index contributed by atoms with van der Waals surface area (Å²) in [6.45, 7) is 2.25. The first kappa shape index (κ1) is 17.1. The second-order valence-electron chi connectivity index (χ2n) is 6.59. The van der Waals surface area contributed by atoms with Crippen LogP contribution in [0.2, 0.25) is 5.02 Å². The molecule has 2 amide bonds. The highest BCUT2D eigenvalue weighted by Crippen LogP contribution is 2.26. The van der Waals surface area contributed by atoms with E-state index in [1.165, 1.54) is 12.5 Å². The molecule has 3 rings (SSSR count). The second-order valence-corrected chi connectivity index (χ2v) is 7.00. The molecule has 6 heteroatoms. The first-order valence-corrected chi connectivity index (χ1v) is 8.99. The quantitative estimate of drug-likeness (QED) is 0.911. The van der Waals surface area contributed by atoms with Gasteiger partial charge in [0.25, 0.3) is 0 Å². The predicted octanol–water partition coefficient (Wildman–Crippen LogP) is 2.59. The fourth-order valence-electron chi connectivity index (χ4n) is 3.58. The van der Waals surface area contributed by atoms with Crippen LogP contribution in [0.4, 0.5) is 0 Å². The molecule has 1 N–H and O–H groups in total. The van der Waals surface area contributed by atoms with Crippen LogP contribution in [0.5, 0.6) is 5.75 Å². The summed E-state index contributed by atoms with van der Waals surface area (Å²) in [4.78, 5) is 29.0. The average Bonchev–Trinajstić information content (AvgIpc) is 3.08. The molecule has 24 heavy (non-hydrogen) atoms. The molecular formula is C18H23ClN2O3. The van der Waals surface area contributed by atoms with Crippen molar-refractivity contribution in [1.29, 1.82) is 0 Å². The average molecular weight is 351 g/mol. The van der Waals surface area contributed by atoms with E-state index in [1.54, 1.807) is 17.0 Å². The largest absolute Gasteiger partial charge is 0.506 e. The SMILES string of the molecule is O=C([C@@H]1CCCN1C(=O)Cc1ccc(O)c(Cl)c1)N1CCCCC1. The Morgan fingerprint density at radius 2 is 1.88 bits per heavy atom. The number of hydrogen-bond acceptors (Lipinski definition) is 3. The summed E-state index contributed by atoms with van der Waals surface area (Å²) in [5, 5.41) is 9.71. The standard InChI is InChI=1S/C18H23ClN2O3/c19-14-11-13(6-7-16(14)22)12-17(23)21-10-4-5-15(21)18(24)20-8-2-1-3-9-20/h6-7,11,15,22H,1-5,8-10,12H2/t15-/m0/s1. The lowest BCUT2D eigenvalue weighted by atomic mass is 10.1. The fraction of sp³-hybridized carbons (Fsp3) is 0.556. The number of hydrogen-bond donors (Lipinski definition) is 1. The maximum absolute atomic E-state index is 12.7. The van der Waals surface area contributed by atoms with Crippen LogP contribution in [0.15, 0.2) is 18.2 Å². The van der Waals surface area contributed by atoms with E-state index in [-0.39, 0.29) is 35.0 Å². The third-order valence-electron chi connectivity index (χ3n) is 4.89. The lowest BCUT2D eigenvalue weighted by Crippen LogP contribution is -2.49. The third-order valence-corrected chi connectivity index (χ3v) is 5.20. The van der Waals surface area contributed by atoms with E-state index in [4.69, 9.17) is 11.6 Å². The van der Waals surface area contributed by atoms with Gasteiger partial charge in [-0.05, 0) is 49.8 Å². The molecule has 130 valence electrons. The van der Waals surface area contributed by atoms with Crippen molar-refractivity contribution in [3.05, 3.63) is 28.8 Å². The number of halogens is 1. The van der Waals surface area contributed by atoms with Gasteiger partial charge in [-0.25, -0.2) is 0 Å². The first-order valence-electron chi connectivity index (χ1n) is 8.62. The molecule has 1 aromatic carbocycles. The zero-order chi connectivity index (χ0) is 17.1. The van der Waals surface area contributed by atoms with Gasteiger partial charge in [-0.1, -0.05) is 17.7 Å². The normalized spacial score (nSPS) is 21.1. The van der Waals surface area contributed by atoms with Gasteiger partial charge >= 0.3 is 0 Å². The number of benzene rings is 1. The summed E-state index contributed by atoms with van der Waals surface area (Å²) in [5.41, 5.74) is 0.749. The van der Waals surface area contributed by atoms with Crippen molar-refractivity contribution < 1.29 is 14.7 Å². The van der Waals surface area contributed by atoms with E-state index in [2.05, 4.69) is 0 Å². The summed E-state index contributed by atoms with van der Waals surface area (Å²) in [6.07, 6.45) is 5.10. The number of amides is 2. The number of piperidine rings is 1. The Bertz CT molecular complexity index is 629. The van der Waals surface area contributed by atoms with Crippen LogP contribution in [0.1, 0.15) is 37.7 Å². The third kappa shape index (κ3) is 3.66. The minimum absolute atomic E-state index is 0.00666. The van der Waals surface area contributed by atoms with Crippen LogP contribution in [-0.4, -0.2) is 52.4 Å². The number of carbonyl (C=O) groups is 2. The van der Waals surface area contributed by atoms with Gasteiger partial charge in [-0.3, -0.25) is 9.59 Å². The molecule has 0 aromatic heterocycles. The van der Waals surface area contributed by atoms with Crippen LogP contribution in [0.3, 0.4) is 0 Å². The Balaban J connectivity index is 1.66. The Kier molecular flexibility index (Phi) is 5.29. The molecule has 1 aromatic rings. The van der Waals surface area contributed by atoms with Crippen LogP contribution < -0.4 is 0 Å². The number of carbonyl (C=O) groups excluding carboxylic acids is 2. The molecule has 0 aliphatic carbocycles. The number of phenolic OH excluding ortho intramolecular Hbond substituents is 1. The van der Waals surface area contributed by atoms with Crippen molar-refractivity contribution >= 4 is 23.4 Å². The molecule has 0 radical (unpaired) electrons. The number of rotatable bonds is 3. The summed E-state index contributed by atoms with van der Waals surface area (Å²) in [5.74, 6) is 0.0566. The highest BCUT2D eigenvalue weighted by atomic mass is 35.5. The molecule has 2 fully saturated rings. The van der Waals surface area contributed by atoms with Crippen LogP contribution in [0.25, 0.3) is 0 Å². The molecule has 2 aliphatic heterocycles. The molecule has 0 bridgehead atoms. The van der Waals surface area contributed by atoms with Crippen molar-refractivity contribution in [3.8, 4) is 5.75 Å². The molecular weight excluding hydrogens is 328 g/mol. The Hall–Kier alpha value is -1.75. The summed E-state index contributed by atoms with van der Waals surface area (Å²) < 4.78 is 0. The van der Waals surface area contributed by atoms with Gasteiger partial charge in [0.15, 0.2) is 0 Å². The number of aromatic hydroxyl groups is 1. The number of nitrogens with zero attached hydrogens (tertiary/aromatic N) is 2. The van der Waals surface area contributed by atoms with E-state index in [9.17, 15) is 14.7 Å². The van der Waals surface area contributed by atoms with Gasteiger partial charge in [0.05, 0.1) is 11.4 Å². The first-order chi connectivity index (χ1) is 11.6. The van der Waals surface area contributed by atoms with Gasteiger partial charge < -0.3 is 14.9 Å². The minimum Gasteiger partial charge on any atom is -0.506 e. The molecule has 5 nitrogen and oxygen atoms in total. The summed E-state index contributed by atoms with van der Waals surface area (Å²) in [6, 6.07) is 4.47. The van der Waals surface area contributed by atoms with Crippen LogP contribution >= 0.6 is 11.6 Å². The fourth-order valence-corrected chi connectivity index (χ4v) is 3.79. The second kappa shape index (κ2) is 7.43.